The molecule has 0 radical (unpaired) electrons. The fourth-order valence-electron chi connectivity index (χ4n) is 12.5. The number of nitrogens with zero attached hydrogens (tertiary/aromatic N) is 5. The highest BCUT2D eigenvalue weighted by atomic mass is 15.1. The molecule has 0 saturated carbocycles. The van der Waals surface area contributed by atoms with Crippen LogP contribution in [-0.4, -0.2) is 14.5 Å². The van der Waals surface area contributed by atoms with Gasteiger partial charge in [-0.3, -0.25) is 4.98 Å². The predicted molar refractivity (Wildman–Crippen MR) is 323 cm³/mol. The van der Waals surface area contributed by atoms with Crippen LogP contribution in [0.15, 0.2) is 297 Å². The van der Waals surface area contributed by atoms with Gasteiger partial charge in [0, 0.05) is 78.7 Å². The third-order valence-corrected chi connectivity index (χ3v) is 15.8. The second-order valence-electron chi connectivity index (χ2n) is 20.1. The van der Waals surface area contributed by atoms with E-state index in [0.29, 0.717) is 0 Å². The number of pyridine rings is 2. The summed E-state index contributed by atoms with van der Waals surface area (Å²) in [5.41, 5.74) is 20.1. The molecule has 1 atom stereocenters. The second-order valence-corrected chi connectivity index (χ2v) is 20.1. The second kappa shape index (κ2) is 18.5. The van der Waals surface area contributed by atoms with E-state index in [9.17, 15) is 0 Å². The number of para-hydroxylation sites is 6. The zero-order valence-electron chi connectivity index (χ0n) is 42.5. The Morgan fingerprint density at radius 3 is 1.60 bits per heavy atom. The Bertz CT molecular complexity index is 4500. The first-order valence-corrected chi connectivity index (χ1v) is 26.6. The number of benzene rings is 11. The van der Waals surface area contributed by atoms with Gasteiger partial charge in [-0.25, -0.2) is 4.98 Å². The summed E-state index contributed by atoms with van der Waals surface area (Å²) in [4.78, 5) is 15.1. The minimum absolute atomic E-state index is 0.770. The maximum atomic E-state index is 5.32. The number of rotatable bonds is 10. The van der Waals surface area contributed by atoms with Crippen LogP contribution in [0.1, 0.15) is 22.3 Å². The normalized spacial score (nSPS) is 13.7. The zero-order chi connectivity index (χ0) is 51.6. The quantitative estimate of drug-likeness (QED) is 0.137. The predicted octanol–water partition coefficient (Wildman–Crippen LogP) is 18.8. The van der Waals surface area contributed by atoms with Crippen molar-refractivity contribution in [1.82, 2.24) is 14.5 Å². The van der Waals surface area contributed by atoms with Crippen molar-refractivity contribution in [1.29, 1.82) is 0 Å². The lowest BCUT2D eigenvalue weighted by molar-refractivity contribution is 0.775. The van der Waals surface area contributed by atoms with Crippen LogP contribution in [0.5, 0.6) is 0 Å². The lowest BCUT2D eigenvalue weighted by Gasteiger charge is -2.35. The molecule has 1 aliphatic carbocycles. The number of aromatic nitrogens is 3. The Kier molecular flexibility index (Phi) is 10.7. The Morgan fingerprint density at radius 2 is 0.910 bits per heavy atom. The smallest absolute Gasteiger partial charge is 0.0721 e. The molecule has 15 rings (SSSR count). The summed E-state index contributed by atoms with van der Waals surface area (Å²) in [7, 11) is 0. The van der Waals surface area contributed by atoms with Gasteiger partial charge in [0.25, 0.3) is 0 Å². The summed E-state index contributed by atoms with van der Waals surface area (Å²) < 4.78 is 2.45. The molecule has 0 spiro atoms. The average molecular weight is 996 g/mol. The average Bonchev–Trinajstić information content (AvgIpc) is 4.21. The maximum Gasteiger partial charge on any atom is 0.0721 e. The lowest BCUT2D eigenvalue weighted by Crippen LogP contribution is -2.29. The molecular formula is C73H49N5. The molecule has 3 aromatic heterocycles. The highest BCUT2D eigenvalue weighted by Gasteiger charge is 2.49. The van der Waals surface area contributed by atoms with Gasteiger partial charge in [-0.05, 0) is 143 Å². The molecule has 3 heterocycles. The first-order chi connectivity index (χ1) is 38.7. The Morgan fingerprint density at radius 1 is 0.372 bits per heavy atom. The van der Waals surface area contributed by atoms with E-state index in [4.69, 9.17) is 9.97 Å². The number of hydrogen-bond donors (Lipinski definition) is 0. The SMILES string of the molecule is c1ccc(N(c2ccccc2)c2cccc(C3(c4ccccc4)c4ccc5c(c4-c4cnc6ccccc6c43)c3cc(N(c4ccccc4)c4ccc(-c6ccc7ccccc7n6)cc4)ccc3n5-c3ccccc3)c2)cc1. The van der Waals surface area contributed by atoms with Gasteiger partial charge in [0.05, 0.1) is 33.2 Å². The molecule has 0 amide bonds. The first-order valence-electron chi connectivity index (χ1n) is 26.6. The van der Waals surface area contributed by atoms with Crippen LogP contribution >= 0.6 is 0 Å². The van der Waals surface area contributed by atoms with Crippen molar-refractivity contribution < 1.29 is 0 Å². The third kappa shape index (κ3) is 7.17. The minimum Gasteiger partial charge on any atom is -0.310 e. The molecular weight excluding hydrogens is 947 g/mol. The van der Waals surface area contributed by atoms with E-state index in [1.807, 2.05) is 6.07 Å². The molecule has 5 nitrogen and oxygen atoms in total. The Balaban J connectivity index is 1.01. The summed E-state index contributed by atoms with van der Waals surface area (Å²) in [5.74, 6) is 0. The molecule has 366 valence electrons. The van der Waals surface area contributed by atoms with Crippen molar-refractivity contribution in [3.63, 3.8) is 0 Å². The topological polar surface area (TPSA) is 37.2 Å². The van der Waals surface area contributed by atoms with E-state index < -0.39 is 5.41 Å². The highest BCUT2D eigenvalue weighted by molar-refractivity contribution is 6.20. The summed E-state index contributed by atoms with van der Waals surface area (Å²) in [5, 5.41) is 4.59. The summed E-state index contributed by atoms with van der Waals surface area (Å²) in [6.45, 7) is 0. The van der Waals surface area contributed by atoms with E-state index in [1.54, 1.807) is 0 Å². The summed E-state index contributed by atoms with van der Waals surface area (Å²) >= 11 is 0. The molecule has 0 bridgehead atoms. The van der Waals surface area contributed by atoms with Gasteiger partial charge in [-0.1, -0.05) is 176 Å². The molecule has 78 heavy (non-hydrogen) atoms. The maximum absolute atomic E-state index is 5.32. The highest BCUT2D eigenvalue weighted by Crippen LogP contribution is 2.61. The van der Waals surface area contributed by atoms with Gasteiger partial charge in [0.15, 0.2) is 0 Å². The van der Waals surface area contributed by atoms with Gasteiger partial charge in [0.1, 0.15) is 0 Å². The third-order valence-electron chi connectivity index (χ3n) is 15.8. The van der Waals surface area contributed by atoms with Crippen molar-refractivity contribution in [2.24, 2.45) is 0 Å². The molecule has 11 aromatic carbocycles. The van der Waals surface area contributed by atoms with E-state index in [2.05, 4.69) is 306 Å². The first kappa shape index (κ1) is 45.1. The van der Waals surface area contributed by atoms with Gasteiger partial charge in [-0.15, -0.1) is 0 Å². The Hall–Kier alpha value is -10.4. The number of anilines is 6. The minimum atomic E-state index is -0.770. The standard InChI is InChI=1S/C73H49N5/c1-6-22-52(23-7-1)73(53-24-20-33-59(47-53)76(54-25-8-2-9-26-54)55-27-10-3-11-28-55)64-43-46-69-71(70(64)63-49-74-67-36-19-17-34-61(67)72(63)73)62-48-60(42-45-68(62)78(69)57-31-14-5-15-32-57)77(56-29-12-4-13-30-56)58-40-37-51(38-41-58)66-44-39-50-21-16-18-35-65(50)75-66/h1-49H. The van der Waals surface area contributed by atoms with E-state index >= 15 is 0 Å². The Labute approximate surface area is 452 Å². The zero-order valence-corrected chi connectivity index (χ0v) is 42.5. The van der Waals surface area contributed by atoms with Crippen LogP contribution in [-0.2, 0) is 5.41 Å². The van der Waals surface area contributed by atoms with E-state index in [0.717, 1.165) is 94.9 Å². The molecule has 5 heteroatoms. The van der Waals surface area contributed by atoms with Crippen molar-refractivity contribution in [3.05, 3.63) is 320 Å². The van der Waals surface area contributed by atoms with Crippen LogP contribution in [0.4, 0.5) is 34.1 Å². The molecule has 14 aromatic rings. The van der Waals surface area contributed by atoms with Gasteiger partial charge in [0.2, 0.25) is 0 Å². The number of fused-ring (bicyclic) bond motifs is 10. The fourth-order valence-corrected chi connectivity index (χ4v) is 12.5. The van der Waals surface area contributed by atoms with Crippen LogP contribution in [0.2, 0.25) is 0 Å². The van der Waals surface area contributed by atoms with E-state index in [1.165, 1.54) is 33.2 Å². The summed E-state index contributed by atoms with van der Waals surface area (Å²) in [6.07, 6.45) is 2.16. The van der Waals surface area contributed by atoms with E-state index in [-0.39, 0.29) is 0 Å². The van der Waals surface area contributed by atoms with Crippen LogP contribution in [0.3, 0.4) is 0 Å². The van der Waals surface area contributed by atoms with Crippen LogP contribution in [0.25, 0.3) is 71.7 Å². The largest absolute Gasteiger partial charge is 0.310 e. The van der Waals surface area contributed by atoms with Crippen molar-refractivity contribution in [2.75, 3.05) is 9.80 Å². The van der Waals surface area contributed by atoms with Crippen molar-refractivity contribution in [3.8, 4) is 28.1 Å². The van der Waals surface area contributed by atoms with Crippen molar-refractivity contribution in [2.45, 2.75) is 5.41 Å². The molecule has 0 aliphatic heterocycles. The van der Waals surface area contributed by atoms with Gasteiger partial charge >= 0.3 is 0 Å². The van der Waals surface area contributed by atoms with Crippen LogP contribution in [0, 0.1) is 0 Å². The summed E-state index contributed by atoms with van der Waals surface area (Å²) in [6, 6.07) is 105. The fraction of sp³-hybridized carbons (Fsp3) is 0.0137. The molecule has 0 fully saturated rings. The van der Waals surface area contributed by atoms with Crippen molar-refractivity contribution >= 4 is 77.7 Å². The van der Waals surface area contributed by atoms with Crippen LogP contribution < -0.4 is 9.80 Å². The molecule has 0 N–H and O–H groups in total. The molecule has 0 saturated heterocycles. The monoisotopic (exact) mass is 995 g/mol. The molecule has 1 aliphatic rings. The number of hydrogen-bond acceptors (Lipinski definition) is 4. The van der Waals surface area contributed by atoms with Gasteiger partial charge < -0.3 is 14.4 Å². The lowest BCUT2D eigenvalue weighted by atomic mass is 9.66. The molecule has 1 unspecified atom stereocenters. The van der Waals surface area contributed by atoms with Gasteiger partial charge in [-0.2, -0.15) is 0 Å².